The summed E-state index contributed by atoms with van der Waals surface area (Å²) in [6.07, 6.45) is 1.77. The summed E-state index contributed by atoms with van der Waals surface area (Å²) in [4.78, 5) is 9.25. The minimum Gasteiger partial charge on any atom is -0.368 e. The highest BCUT2D eigenvalue weighted by molar-refractivity contribution is 5.92. The number of hydrogen-bond acceptors (Lipinski definition) is 4. The number of nitrogens with two attached hydrogens (primary N) is 1. The molecule has 0 radical (unpaired) electrons. The second-order valence-corrected chi connectivity index (χ2v) is 6.23. The van der Waals surface area contributed by atoms with Crippen molar-refractivity contribution in [2.45, 2.75) is 0 Å². The number of anilines is 1. The predicted molar refractivity (Wildman–Crippen MR) is 108 cm³/mol. The van der Waals surface area contributed by atoms with Crippen molar-refractivity contribution >= 4 is 16.7 Å². The molecule has 4 aromatic rings. The normalized spacial score (nSPS) is 10.9. The van der Waals surface area contributed by atoms with E-state index >= 15 is 0 Å². The number of pyridine rings is 2. The molecule has 0 aliphatic heterocycles. The molecular weight excluding hydrogens is 339 g/mol. The summed E-state index contributed by atoms with van der Waals surface area (Å²) in [5, 5.41) is 4.23. The third kappa shape index (κ3) is 3.64. The highest BCUT2D eigenvalue weighted by Gasteiger charge is 2.09. The highest BCUT2D eigenvalue weighted by atomic mass is 19.1. The number of aromatic nitrogens is 2. The summed E-state index contributed by atoms with van der Waals surface area (Å²) in [5.74, 6) is 0.511. The van der Waals surface area contributed by atoms with Gasteiger partial charge in [-0.25, -0.2) is 9.37 Å². The third-order valence-electron chi connectivity index (χ3n) is 4.35. The number of hydrogen-bond donors (Lipinski definition) is 2. The summed E-state index contributed by atoms with van der Waals surface area (Å²) in [6.45, 7) is 1.15. The van der Waals surface area contributed by atoms with Crippen LogP contribution in [0.1, 0.15) is 0 Å². The largest absolute Gasteiger partial charge is 0.368 e. The zero-order valence-electron chi connectivity index (χ0n) is 14.7. The Labute approximate surface area is 156 Å². The van der Waals surface area contributed by atoms with Crippen LogP contribution in [0.25, 0.3) is 33.3 Å². The van der Waals surface area contributed by atoms with E-state index in [-0.39, 0.29) is 5.82 Å². The molecular formula is C22H19FN4. The molecule has 0 spiro atoms. The van der Waals surface area contributed by atoms with Crippen molar-refractivity contribution < 1.29 is 4.39 Å². The Balaban J connectivity index is 1.81. The van der Waals surface area contributed by atoms with Crippen molar-refractivity contribution in [2.75, 3.05) is 18.4 Å². The Morgan fingerprint density at radius 3 is 2.48 bits per heavy atom. The Kier molecular flexibility index (Phi) is 4.77. The minimum atomic E-state index is -0.251. The zero-order chi connectivity index (χ0) is 18.6. The second-order valence-electron chi connectivity index (χ2n) is 6.23. The number of nitrogens with zero attached hydrogens (tertiary/aromatic N) is 2. The van der Waals surface area contributed by atoms with Crippen LogP contribution in [0.15, 0.2) is 72.9 Å². The van der Waals surface area contributed by atoms with Crippen LogP contribution in [-0.2, 0) is 0 Å². The molecule has 2 heterocycles. The third-order valence-corrected chi connectivity index (χ3v) is 4.35. The van der Waals surface area contributed by atoms with Gasteiger partial charge in [0.25, 0.3) is 0 Å². The quantitative estimate of drug-likeness (QED) is 0.552. The molecule has 0 bridgehead atoms. The highest BCUT2D eigenvalue weighted by Crippen LogP contribution is 2.29. The van der Waals surface area contributed by atoms with Crippen molar-refractivity contribution in [3.05, 3.63) is 78.7 Å². The van der Waals surface area contributed by atoms with Gasteiger partial charge in [-0.05, 0) is 47.5 Å². The topological polar surface area (TPSA) is 63.8 Å². The lowest BCUT2D eigenvalue weighted by atomic mass is 10.0. The molecule has 4 nitrogen and oxygen atoms in total. The van der Waals surface area contributed by atoms with Crippen LogP contribution in [0.5, 0.6) is 0 Å². The molecule has 0 fully saturated rings. The van der Waals surface area contributed by atoms with Crippen LogP contribution >= 0.6 is 0 Å². The number of fused-ring (bicyclic) bond motifs is 1. The first-order valence-corrected chi connectivity index (χ1v) is 8.81. The van der Waals surface area contributed by atoms with E-state index in [1.165, 1.54) is 12.1 Å². The molecule has 4 rings (SSSR count). The molecule has 0 aliphatic carbocycles. The fourth-order valence-corrected chi connectivity index (χ4v) is 3.07. The van der Waals surface area contributed by atoms with E-state index in [1.807, 2.05) is 48.5 Å². The molecule has 0 atom stereocenters. The number of benzene rings is 2. The smallest absolute Gasteiger partial charge is 0.136 e. The van der Waals surface area contributed by atoms with E-state index in [0.717, 1.165) is 39.1 Å². The zero-order valence-corrected chi connectivity index (χ0v) is 14.7. The van der Waals surface area contributed by atoms with Crippen molar-refractivity contribution in [3.63, 3.8) is 0 Å². The van der Waals surface area contributed by atoms with Gasteiger partial charge in [0.2, 0.25) is 0 Å². The van der Waals surface area contributed by atoms with Gasteiger partial charge < -0.3 is 11.1 Å². The summed E-state index contributed by atoms with van der Waals surface area (Å²) < 4.78 is 13.6. The lowest BCUT2D eigenvalue weighted by Crippen LogP contribution is -2.14. The van der Waals surface area contributed by atoms with Gasteiger partial charge >= 0.3 is 0 Å². The van der Waals surface area contributed by atoms with Gasteiger partial charge in [0, 0.05) is 30.2 Å². The molecule has 0 unspecified atom stereocenters. The molecule has 0 saturated heterocycles. The summed E-state index contributed by atoms with van der Waals surface area (Å²) in [7, 11) is 0. The van der Waals surface area contributed by atoms with Crippen molar-refractivity contribution in [1.29, 1.82) is 0 Å². The monoisotopic (exact) mass is 358 g/mol. The number of nitrogens with one attached hydrogen (secondary N) is 1. The van der Waals surface area contributed by atoms with E-state index < -0.39 is 0 Å². The molecule has 27 heavy (non-hydrogen) atoms. The molecule has 0 saturated carbocycles. The van der Waals surface area contributed by atoms with E-state index in [0.29, 0.717) is 13.1 Å². The SMILES string of the molecule is NCCNc1nc(-c2cccc(-c3cccc(F)c3)c2)cc2ncccc12. The maximum atomic E-state index is 13.6. The van der Waals surface area contributed by atoms with Crippen molar-refractivity contribution in [2.24, 2.45) is 5.73 Å². The van der Waals surface area contributed by atoms with Crippen LogP contribution in [0.3, 0.4) is 0 Å². The van der Waals surface area contributed by atoms with Crippen LogP contribution < -0.4 is 11.1 Å². The van der Waals surface area contributed by atoms with Gasteiger partial charge in [-0.3, -0.25) is 4.98 Å². The van der Waals surface area contributed by atoms with Crippen LogP contribution in [-0.4, -0.2) is 23.1 Å². The first-order valence-electron chi connectivity index (χ1n) is 8.81. The summed E-state index contributed by atoms with van der Waals surface area (Å²) in [5.41, 5.74) is 10.0. The van der Waals surface area contributed by atoms with Gasteiger partial charge in [-0.2, -0.15) is 0 Å². The first-order chi connectivity index (χ1) is 13.2. The Morgan fingerprint density at radius 1 is 0.889 bits per heavy atom. The summed E-state index contributed by atoms with van der Waals surface area (Å²) >= 11 is 0. The van der Waals surface area contributed by atoms with Crippen LogP contribution in [0.2, 0.25) is 0 Å². The average molecular weight is 358 g/mol. The first kappa shape index (κ1) is 17.1. The van der Waals surface area contributed by atoms with Crippen LogP contribution in [0, 0.1) is 5.82 Å². The standard InChI is InChI=1S/C22H19FN4/c23-18-7-2-5-16(13-18)15-4-1-6-17(12-15)20-14-21-19(8-3-10-25-21)22(27-20)26-11-9-24/h1-8,10,12-14H,9,11,24H2,(H,26,27). The van der Waals surface area contributed by atoms with Gasteiger partial charge in [-0.15, -0.1) is 0 Å². The van der Waals surface area contributed by atoms with Crippen LogP contribution in [0.4, 0.5) is 10.2 Å². The fraction of sp³-hybridized carbons (Fsp3) is 0.0909. The lowest BCUT2D eigenvalue weighted by Gasteiger charge is -2.11. The maximum absolute atomic E-state index is 13.6. The number of rotatable bonds is 5. The van der Waals surface area contributed by atoms with Gasteiger partial charge in [0.15, 0.2) is 0 Å². The second kappa shape index (κ2) is 7.51. The van der Waals surface area contributed by atoms with Crippen molar-refractivity contribution in [3.8, 4) is 22.4 Å². The fourth-order valence-electron chi connectivity index (χ4n) is 3.07. The molecule has 0 amide bonds. The van der Waals surface area contributed by atoms with E-state index in [1.54, 1.807) is 12.3 Å². The molecule has 2 aromatic heterocycles. The summed E-state index contributed by atoms with van der Waals surface area (Å²) in [6, 6.07) is 20.3. The molecule has 5 heteroatoms. The van der Waals surface area contributed by atoms with Crippen molar-refractivity contribution in [1.82, 2.24) is 9.97 Å². The molecule has 2 aromatic carbocycles. The molecule has 134 valence electrons. The molecule has 0 aliphatic rings. The Morgan fingerprint density at radius 2 is 1.67 bits per heavy atom. The van der Waals surface area contributed by atoms with E-state index in [4.69, 9.17) is 10.7 Å². The lowest BCUT2D eigenvalue weighted by molar-refractivity contribution is 0.628. The Hall–Kier alpha value is -3.31. The Bertz CT molecular complexity index is 1090. The van der Waals surface area contributed by atoms with Gasteiger partial charge in [0.1, 0.15) is 11.6 Å². The number of halogens is 1. The predicted octanol–water partition coefficient (Wildman–Crippen LogP) is 4.47. The maximum Gasteiger partial charge on any atom is 0.136 e. The molecule has 3 N–H and O–H groups in total. The van der Waals surface area contributed by atoms with E-state index in [2.05, 4.69) is 10.3 Å². The van der Waals surface area contributed by atoms with Gasteiger partial charge in [0.05, 0.1) is 11.2 Å². The minimum absolute atomic E-state index is 0.251. The van der Waals surface area contributed by atoms with Gasteiger partial charge in [-0.1, -0.05) is 30.3 Å². The van der Waals surface area contributed by atoms with E-state index in [9.17, 15) is 4.39 Å². The average Bonchev–Trinajstić information content (AvgIpc) is 2.72.